The van der Waals surface area contributed by atoms with E-state index in [0.29, 0.717) is 37.1 Å². The van der Waals surface area contributed by atoms with E-state index in [1.54, 1.807) is 38.4 Å². The molecule has 1 aromatic rings. The van der Waals surface area contributed by atoms with Crippen LogP contribution in [0.4, 0.5) is 15.3 Å². The van der Waals surface area contributed by atoms with Crippen molar-refractivity contribution < 1.29 is 43.0 Å². The zero-order valence-electron chi connectivity index (χ0n) is 33.1. The number of hydrogen-bond acceptors (Lipinski definition) is 9. The molecule has 1 aliphatic heterocycles. The van der Waals surface area contributed by atoms with E-state index in [2.05, 4.69) is 16.0 Å². The summed E-state index contributed by atoms with van der Waals surface area (Å²) < 4.78 is 10.6. The average molecular weight is 745 g/mol. The van der Waals surface area contributed by atoms with Crippen LogP contribution < -0.4 is 16.0 Å². The number of likely N-dealkylation sites (tertiary alicyclic amines) is 1. The fourth-order valence-electron chi connectivity index (χ4n) is 5.17. The minimum atomic E-state index is -0.897. The standard InChI is InChI=1S/C38H60N6O9/c1-25(39-30(45)14-12-11-13-19-44-31(46)22-29(34(44)49)38(6,7)8)32(47)40-26(2)33(48)41-28-17-15-27(16-18-28)23-52-35(50)42(9)20-21-43(10)36(51)53-24-37(3,4)5/h15-18,25-26,29H,11-14,19-24H2,1-10H3,(H,39,45)(H,40,47)(H,41,48)/t25-,26-,29?/m0/s1. The normalized spacial score (nSPS) is 15.7. The Kier molecular flexibility index (Phi) is 16.7. The monoisotopic (exact) mass is 744 g/mol. The maximum atomic E-state index is 12.7. The summed E-state index contributed by atoms with van der Waals surface area (Å²) in [5, 5.41) is 7.96. The number of nitrogens with one attached hydrogen (secondary N) is 3. The van der Waals surface area contributed by atoms with Crippen LogP contribution >= 0.6 is 0 Å². The van der Waals surface area contributed by atoms with Gasteiger partial charge in [0.2, 0.25) is 29.5 Å². The van der Waals surface area contributed by atoms with Crippen LogP contribution in [0, 0.1) is 16.7 Å². The van der Waals surface area contributed by atoms with Crippen molar-refractivity contribution in [2.45, 2.75) is 106 Å². The van der Waals surface area contributed by atoms with Crippen LogP contribution in [0.5, 0.6) is 0 Å². The maximum Gasteiger partial charge on any atom is 0.409 e. The molecule has 15 nitrogen and oxygen atoms in total. The van der Waals surface area contributed by atoms with Gasteiger partial charge in [-0.05, 0) is 55.2 Å². The van der Waals surface area contributed by atoms with E-state index in [0.717, 1.165) is 0 Å². The van der Waals surface area contributed by atoms with Gasteiger partial charge in [0.1, 0.15) is 18.7 Å². The fourth-order valence-corrected chi connectivity index (χ4v) is 5.17. The summed E-state index contributed by atoms with van der Waals surface area (Å²) in [5.41, 5.74) is 0.731. The van der Waals surface area contributed by atoms with Crippen LogP contribution in [0.2, 0.25) is 0 Å². The highest BCUT2D eigenvalue weighted by Crippen LogP contribution is 2.35. The number of benzene rings is 1. The number of anilines is 1. The number of likely N-dealkylation sites (N-methyl/N-ethyl adjacent to an activating group) is 2. The molecular weight excluding hydrogens is 684 g/mol. The zero-order chi connectivity index (χ0) is 40.1. The smallest absolute Gasteiger partial charge is 0.409 e. The number of unbranched alkanes of at least 4 members (excludes halogenated alkanes) is 2. The number of carbonyl (C=O) groups is 7. The highest BCUT2D eigenvalue weighted by molar-refractivity contribution is 6.04. The highest BCUT2D eigenvalue weighted by Gasteiger charge is 2.44. The summed E-state index contributed by atoms with van der Waals surface area (Å²) in [6, 6.07) is 4.90. The molecule has 0 aliphatic carbocycles. The van der Waals surface area contributed by atoms with Gasteiger partial charge in [-0.2, -0.15) is 0 Å². The third kappa shape index (κ3) is 15.4. The van der Waals surface area contributed by atoms with Gasteiger partial charge in [0.05, 0.1) is 12.5 Å². The second kappa shape index (κ2) is 20.0. The van der Waals surface area contributed by atoms with Crippen LogP contribution in [0.3, 0.4) is 0 Å². The summed E-state index contributed by atoms with van der Waals surface area (Å²) in [6.45, 7) is 15.9. The van der Waals surface area contributed by atoms with Crippen LogP contribution in [0.1, 0.15) is 93.1 Å². The molecule has 296 valence electrons. The molecule has 1 fully saturated rings. The molecule has 0 bridgehead atoms. The lowest BCUT2D eigenvalue weighted by Crippen LogP contribution is -2.50. The Bertz CT molecular complexity index is 1450. The summed E-state index contributed by atoms with van der Waals surface area (Å²) in [4.78, 5) is 91.4. The lowest BCUT2D eigenvalue weighted by atomic mass is 9.80. The van der Waals surface area contributed by atoms with Gasteiger partial charge in [-0.15, -0.1) is 0 Å². The topological polar surface area (TPSA) is 184 Å². The Morgan fingerprint density at radius 3 is 1.92 bits per heavy atom. The molecule has 3 N–H and O–H groups in total. The Morgan fingerprint density at radius 2 is 1.38 bits per heavy atom. The second-order valence-electron chi connectivity index (χ2n) is 16.0. The first-order chi connectivity index (χ1) is 24.6. The molecule has 1 aromatic carbocycles. The number of nitrogens with zero attached hydrogens (tertiary/aromatic N) is 3. The number of imide groups is 1. The van der Waals surface area contributed by atoms with Gasteiger partial charge in [0.25, 0.3) is 0 Å². The summed E-state index contributed by atoms with van der Waals surface area (Å²) >= 11 is 0. The lowest BCUT2D eigenvalue weighted by molar-refractivity contribution is -0.140. The van der Waals surface area contributed by atoms with Crippen molar-refractivity contribution in [3.8, 4) is 0 Å². The van der Waals surface area contributed by atoms with Gasteiger partial charge >= 0.3 is 12.2 Å². The lowest BCUT2D eigenvalue weighted by Gasteiger charge is -2.24. The molecule has 2 rings (SSSR count). The quantitative estimate of drug-likeness (QED) is 0.155. The molecule has 0 aromatic heterocycles. The first-order valence-corrected chi connectivity index (χ1v) is 18.2. The van der Waals surface area contributed by atoms with Crippen molar-refractivity contribution in [2.24, 2.45) is 16.7 Å². The Labute approximate surface area is 313 Å². The molecule has 0 radical (unpaired) electrons. The van der Waals surface area contributed by atoms with E-state index in [1.807, 2.05) is 41.5 Å². The summed E-state index contributed by atoms with van der Waals surface area (Å²) in [7, 11) is 3.17. The van der Waals surface area contributed by atoms with Crippen LogP contribution in [0.25, 0.3) is 0 Å². The van der Waals surface area contributed by atoms with E-state index >= 15 is 0 Å². The first kappa shape index (κ1) is 44.5. The molecule has 1 heterocycles. The fraction of sp³-hybridized carbons (Fsp3) is 0.658. The number of carbonyl (C=O) groups excluding carboxylic acids is 7. The van der Waals surface area contributed by atoms with Gasteiger partial charge in [0, 0.05) is 52.3 Å². The van der Waals surface area contributed by atoms with E-state index in [1.165, 1.54) is 28.5 Å². The zero-order valence-corrected chi connectivity index (χ0v) is 33.1. The number of ether oxygens (including phenoxy) is 2. The molecule has 1 saturated heterocycles. The molecule has 0 saturated carbocycles. The molecule has 1 unspecified atom stereocenters. The summed E-state index contributed by atoms with van der Waals surface area (Å²) in [6.07, 6.45) is 1.16. The van der Waals surface area contributed by atoms with Crippen molar-refractivity contribution in [1.82, 2.24) is 25.3 Å². The van der Waals surface area contributed by atoms with Crippen molar-refractivity contribution in [3.63, 3.8) is 0 Å². The van der Waals surface area contributed by atoms with Crippen LogP contribution in [-0.4, -0.2) is 109 Å². The predicted octanol–water partition coefficient (Wildman–Crippen LogP) is 4.30. The molecule has 0 spiro atoms. The predicted molar refractivity (Wildman–Crippen MR) is 199 cm³/mol. The minimum absolute atomic E-state index is 0.00437. The molecule has 53 heavy (non-hydrogen) atoms. The Morgan fingerprint density at radius 1 is 0.811 bits per heavy atom. The minimum Gasteiger partial charge on any atom is -0.449 e. The summed E-state index contributed by atoms with van der Waals surface area (Å²) in [5.74, 6) is -1.88. The maximum absolute atomic E-state index is 12.7. The molecule has 7 amide bonds. The first-order valence-electron chi connectivity index (χ1n) is 18.2. The van der Waals surface area contributed by atoms with E-state index in [9.17, 15) is 33.6 Å². The van der Waals surface area contributed by atoms with Gasteiger partial charge in [-0.1, -0.05) is 60.1 Å². The SMILES string of the molecule is C[C@H](NC(=O)CCCCCN1C(=O)CC(C(C)(C)C)C1=O)C(=O)N[C@@H](C)C(=O)Nc1ccc(COC(=O)N(C)CCN(C)C(=O)OCC(C)(C)C)cc1. The Balaban J connectivity index is 1.67. The average Bonchev–Trinajstić information content (AvgIpc) is 3.37. The third-order valence-electron chi connectivity index (χ3n) is 8.70. The van der Waals surface area contributed by atoms with E-state index < -0.39 is 36.1 Å². The van der Waals surface area contributed by atoms with Gasteiger partial charge < -0.3 is 35.2 Å². The number of hydrogen-bond donors (Lipinski definition) is 3. The van der Waals surface area contributed by atoms with Gasteiger partial charge in [-0.3, -0.25) is 28.9 Å². The Hall–Kier alpha value is -4.69. The van der Waals surface area contributed by atoms with Crippen molar-refractivity contribution in [3.05, 3.63) is 29.8 Å². The highest BCUT2D eigenvalue weighted by atomic mass is 16.6. The van der Waals surface area contributed by atoms with E-state index in [-0.39, 0.29) is 73.6 Å². The largest absolute Gasteiger partial charge is 0.449 e. The molecule has 15 heteroatoms. The van der Waals surface area contributed by atoms with Gasteiger partial charge in [0.15, 0.2) is 0 Å². The molecule has 1 aliphatic rings. The molecule has 3 atom stereocenters. The van der Waals surface area contributed by atoms with Crippen molar-refractivity contribution >= 4 is 47.4 Å². The van der Waals surface area contributed by atoms with Crippen molar-refractivity contribution in [1.29, 1.82) is 0 Å². The third-order valence-corrected chi connectivity index (χ3v) is 8.70. The number of amides is 7. The van der Waals surface area contributed by atoms with Crippen LogP contribution in [-0.2, 0) is 40.1 Å². The van der Waals surface area contributed by atoms with E-state index in [4.69, 9.17) is 9.47 Å². The van der Waals surface area contributed by atoms with Crippen LogP contribution in [0.15, 0.2) is 24.3 Å². The van der Waals surface area contributed by atoms with Crippen molar-refractivity contribution in [2.75, 3.05) is 45.7 Å². The molecular formula is C38H60N6O9. The van der Waals surface area contributed by atoms with Gasteiger partial charge in [-0.25, -0.2) is 9.59 Å². The second-order valence-corrected chi connectivity index (χ2v) is 16.0. The number of rotatable bonds is 17.